The molecule has 3 heterocycles. The van der Waals surface area contributed by atoms with Crippen LogP contribution in [0.5, 0.6) is 0 Å². The number of anilines is 1. The van der Waals surface area contributed by atoms with E-state index in [0.29, 0.717) is 28.9 Å². The Hall–Kier alpha value is -2.00. The molecule has 2 aliphatic rings. The van der Waals surface area contributed by atoms with Crippen molar-refractivity contribution in [3.05, 3.63) is 40.8 Å². The average molecular weight is 433 g/mol. The highest BCUT2D eigenvalue weighted by Crippen LogP contribution is 2.40. The SMILES string of the molecule is COC(=O)c1c(NC(=S)N2CCC3(CC2)OCCO3)sc(C)c1-c1ccccc1. The number of thiophene rings is 1. The lowest BCUT2D eigenvalue weighted by Gasteiger charge is -2.38. The molecule has 0 aliphatic carbocycles. The number of esters is 1. The van der Waals surface area contributed by atoms with E-state index in [4.69, 9.17) is 26.4 Å². The maximum atomic E-state index is 12.6. The molecule has 1 aromatic carbocycles. The van der Waals surface area contributed by atoms with E-state index in [0.717, 1.165) is 41.9 Å². The lowest BCUT2D eigenvalue weighted by Crippen LogP contribution is -2.48. The van der Waals surface area contributed by atoms with Crippen LogP contribution in [0.25, 0.3) is 11.1 Å². The predicted octanol–water partition coefficient (Wildman–Crippen LogP) is 4.05. The molecule has 2 fully saturated rings. The van der Waals surface area contributed by atoms with E-state index in [-0.39, 0.29) is 5.97 Å². The number of aryl methyl sites for hydroxylation is 1. The summed E-state index contributed by atoms with van der Waals surface area (Å²) in [6.07, 6.45) is 1.55. The fraction of sp³-hybridized carbons (Fsp3) is 0.429. The second-order valence-electron chi connectivity index (χ2n) is 7.12. The van der Waals surface area contributed by atoms with Gasteiger partial charge in [0.05, 0.1) is 20.3 Å². The summed E-state index contributed by atoms with van der Waals surface area (Å²) in [6, 6.07) is 9.87. The van der Waals surface area contributed by atoms with Gasteiger partial charge in [0.1, 0.15) is 10.6 Å². The summed E-state index contributed by atoms with van der Waals surface area (Å²) in [4.78, 5) is 15.8. The van der Waals surface area contributed by atoms with Gasteiger partial charge in [0.2, 0.25) is 0 Å². The Morgan fingerprint density at radius 1 is 1.21 bits per heavy atom. The lowest BCUT2D eigenvalue weighted by atomic mass is 10.0. The third kappa shape index (κ3) is 4.02. The van der Waals surface area contributed by atoms with Crippen molar-refractivity contribution in [2.24, 2.45) is 0 Å². The van der Waals surface area contributed by atoms with Gasteiger partial charge in [-0.15, -0.1) is 11.3 Å². The minimum Gasteiger partial charge on any atom is -0.465 e. The molecule has 1 aromatic heterocycles. The molecule has 1 N–H and O–H groups in total. The number of carbonyl (C=O) groups excluding carboxylic acids is 1. The van der Waals surface area contributed by atoms with E-state index in [1.165, 1.54) is 18.4 Å². The Morgan fingerprint density at radius 3 is 2.48 bits per heavy atom. The Bertz CT molecular complexity index is 897. The van der Waals surface area contributed by atoms with Gasteiger partial charge in [-0.25, -0.2) is 4.79 Å². The van der Waals surface area contributed by atoms with Crippen molar-refractivity contribution in [2.45, 2.75) is 25.6 Å². The number of ether oxygens (including phenoxy) is 3. The van der Waals surface area contributed by atoms with E-state index < -0.39 is 5.79 Å². The van der Waals surface area contributed by atoms with Crippen molar-refractivity contribution in [2.75, 3.05) is 38.7 Å². The highest BCUT2D eigenvalue weighted by atomic mass is 32.1. The van der Waals surface area contributed by atoms with Crippen molar-refractivity contribution in [3.63, 3.8) is 0 Å². The zero-order chi connectivity index (χ0) is 20.4. The van der Waals surface area contributed by atoms with Crippen LogP contribution < -0.4 is 5.32 Å². The number of methoxy groups -OCH3 is 1. The number of nitrogens with zero attached hydrogens (tertiary/aromatic N) is 1. The summed E-state index contributed by atoms with van der Waals surface area (Å²) in [6.45, 7) is 4.81. The van der Waals surface area contributed by atoms with Gasteiger partial charge >= 0.3 is 5.97 Å². The van der Waals surface area contributed by atoms with Gasteiger partial charge in [-0.2, -0.15) is 0 Å². The summed E-state index contributed by atoms with van der Waals surface area (Å²) < 4.78 is 16.7. The van der Waals surface area contributed by atoms with E-state index in [2.05, 4.69) is 10.2 Å². The van der Waals surface area contributed by atoms with Gasteiger partial charge in [0, 0.05) is 36.4 Å². The molecule has 0 unspecified atom stereocenters. The van der Waals surface area contributed by atoms with Crippen molar-refractivity contribution in [1.82, 2.24) is 4.90 Å². The molecule has 0 bridgehead atoms. The third-order valence-electron chi connectivity index (χ3n) is 5.38. The fourth-order valence-electron chi connectivity index (χ4n) is 3.89. The van der Waals surface area contributed by atoms with Crippen LogP contribution in [0, 0.1) is 6.92 Å². The quantitative estimate of drug-likeness (QED) is 0.580. The molecule has 2 saturated heterocycles. The van der Waals surface area contributed by atoms with Crippen LogP contribution in [0.4, 0.5) is 5.00 Å². The van der Waals surface area contributed by atoms with Crippen molar-refractivity contribution in [3.8, 4) is 11.1 Å². The molecule has 0 saturated carbocycles. The topological polar surface area (TPSA) is 60.0 Å². The summed E-state index contributed by atoms with van der Waals surface area (Å²) in [5.74, 6) is -0.813. The third-order valence-corrected chi connectivity index (χ3v) is 6.76. The van der Waals surface area contributed by atoms with E-state index in [1.54, 1.807) is 0 Å². The lowest BCUT2D eigenvalue weighted by molar-refractivity contribution is -0.180. The monoisotopic (exact) mass is 432 g/mol. The van der Waals surface area contributed by atoms with Gasteiger partial charge in [0.15, 0.2) is 10.9 Å². The first-order valence-corrected chi connectivity index (χ1v) is 10.9. The number of nitrogens with one attached hydrogen (secondary N) is 1. The van der Waals surface area contributed by atoms with Gasteiger partial charge in [-0.1, -0.05) is 30.3 Å². The molecule has 4 rings (SSSR count). The zero-order valence-electron chi connectivity index (χ0n) is 16.5. The molecule has 6 nitrogen and oxygen atoms in total. The Morgan fingerprint density at radius 2 is 1.86 bits per heavy atom. The van der Waals surface area contributed by atoms with Crippen LogP contribution in [-0.4, -0.2) is 55.2 Å². The van der Waals surface area contributed by atoms with Crippen LogP contribution >= 0.6 is 23.6 Å². The Balaban J connectivity index is 1.55. The molecule has 154 valence electrons. The van der Waals surface area contributed by atoms with Gasteiger partial charge in [0.25, 0.3) is 0 Å². The van der Waals surface area contributed by atoms with E-state index >= 15 is 0 Å². The average Bonchev–Trinajstić information content (AvgIpc) is 3.32. The number of hydrogen-bond acceptors (Lipinski definition) is 6. The zero-order valence-corrected chi connectivity index (χ0v) is 18.2. The number of benzene rings is 1. The molecule has 0 amide bonds. The normalized spacial score (nSPS) is 18.1. The molecule has 2 aromatic rings. The molecule has 1 spiro atoms. The number of piperidine rings is 1. The van der Waals surface area contributed by atoms with Crippen LogP contribution in [0.15, 0.2) is 30.3 Å². The van der Waals surface area contributed by atoms with Gasteiger partial charge < -0.3 is 24.4 Å². The maximum absolute atomic E-state index is 12.6. The smallest absolute Gasteiger partial charge is 0.341 e. The highest BCUT2D eigenvalue weighted by Gasteiger charge is 2.40. The van der Waals surface area contributed by atoms with E-state index in [9.17, 15) is 4.79 Å². The summed E-state index contributed by atoms with van der Waals surface area (Å²) in [5.41, 5.74) is 2.40. The Kier molecular flexibility index (Phi) is 5.87. The molecule has 29 heavy (non-hydrogen) atoms. The van der Waals surface area contributed by atoms with Crippen molar-refractivity contribution in [1.29, 1.82) is 0 Å². The van der Waals surface area contributed by atoms with Crippen LogP contribution in [0.2, 0.25) is 0 Å². The van der Waals surface area contributed by atoms with Crippen molar-refractivity contribution < 1.29 is 19.0 Å². The number of likely N-dealkylation sites (tertiary alicyclic amines) is 1. The fourth-order valence-corrected chi connectivity index (χ4v) is 5.31. The van der Waals surface area contributed by atoms with E-state index in [1.807, 2.05) is 37.3 Å². The molecule has 0 atom stereocenters. The largest absolute Gasteiger partial charge is 0.465 e. The first-order valence-electron chi connectivity index (χ1n) is 9.64. The molecule has 2 aliphatic heterocycles. The van der Waals surface area contributed by atoms with Gasteiger partial charge in [-0.3, -0.25) is 0 Å². The van der Waals surface area contributed by atoms with Crippen molar-refractivity contribution >= 4 is 39.6 Å². The Labute approximate surface area is 179 Å². The number of rotatable bonds is 3. The molecule has 8 heteroatoms. The molecular formula is C21H24N2O4S2. The summed E-state index contributed by atoms with van der Waals surface area (Å²) >= 11 is 7.17. The second-order valence-corrected chi connectivity index (χ2v) is 8.73. The van der Waals surface area contributed by atoms with Gasteiger partial charge in [-0.05, 0) is 24.7 Å². The number of carbonyl (C=O) groups is 1. The van der Waals surface area contributed by atoms with Crippen LogP contribution in [-0.2, 0) is 14.2 Å². The van der Waals surface area contributed by atoms with Crippen LogP contribution in [0.3, 0.4) is 0 Å². The predicted molar refractivity (Wildman–Crippen MR) is 117 cm³/mol. The minimum atomic E-state index is -0.441. The van der Waals surface area contributed by atoms with Crippen LogP contribution in [0.1, 0.15) is 28.1 Å². The first-order chi connectivity index (χ1) is 14.0. The minimum absolute atomic E-state index is 0.371. The summed E-state index contributed by atoms with van der Waals surface area (Å²) in [7, 11) is 1.40. The standard InChI is InChI=1S/C21H24N2O4S2/c1-14-16(15-6-4-3-5-7-15)17(19(24)25-2)18(29-14)22-20(28)23-10-8-21(9-11-23)26-12-13-27-21/h3-7H,8-13H2,1-2H3,(H,22,28). The molecule has 0 radical (unpaired) electrons. The second kappa shape index (κ2) is 8.39. The molecular weight excluding hydrogens is 408 g/mol. The number of thiocarbonyl (C=S) groups is 1. The summed E-state index contributed by atoms with van der Waals surface area (Å²) in [5, 5.41) is 4.61. The maximum Gasteiger partial charge on any atom is 0.341 e. The number of hydrogen-bond donors (Lipinski definition) is 1. The highest BCUT2D eigenvalue weighted by molar-refractivity contribution is 7.80. The first kappa shape index (κ1) is 20.3.